The molecule has 6 nitrogen and oxygen atoms in total. The molecule has 1 amide bonds. The number of carbonyl (C=O) groups is 1. The number of unbranched alkanes of at least 4 members (excludes halogenated alkanes) is 4. The highest BCUT2D eigenvalue weighted by atomic mass is 32.2. The molecule has 190 valence electrons. The molecule has 0 aliphatic carbocycles. The largest absolute Gasteiger partial charge is 0.493 e. The molecule has 0 saturated carbocycles. The highest BCUT2D eigenvalue weighted by Crippen LogP contribution is 2.38. The lowest BCUT2D eigenvalue weighted by molar-refractivity contribution is -0.122. The van der Waals surface area contributed by atoms with Gasteiger partial charge < -0.3 is 9.15 Å². The first-order valence-corrected chi connectivity index (χ1v) is 13.8. The van der Waals surface area contributed by atoms with Crippen molar-refractivity contribution in [2.75, 3.05) is 13.7 Å². The maximum absolute atomic E-state index is 13.3. The Labute approximate surface area is 226 Å². The van der Waals surface area contributed by atoms with Gasteiger partial charge in [-0.25, -0.2) is 4.68 Å². The van der Waals surface area contributed by atoms with Crippen LogP contribution in [0.3, 0.4) is 0 Å². The molecular weight excluding hydrogens is 502 g/mol. The Morgan fingerprint density at radius 2 is 1.89 bits per heavy atom. The molecule has 0 bridgehead atoms. The molecule has 1 aliphatic rings. The summed E-state index contributed by atoms with van der Waals surface area (Å²) in [5.41, 5.74) is 3.00. The van der Waals surface area contributed by atoms with Gasteiger partial charge in [0.15, 0.2) is 17.1 Å². The van der Waals surface area contributed by atoms with E-state index in [0.717, 1.165) is 29.5 Å². The first-order chi connectivity index (χ1) is 18.1. The van der Waals surface area contributed by atoms with Crippen molar-refractivity contribution in [3.8, 4) is 22.9 Å². The molecular formula is C29H29N3O3S2. The van der Waals surface area contributed by atoms with Crippen molar-refractivity contribution in [1.82, 2.24) is 14.7 Å². The number of nitrogens with zero attached hydrogens (tertiary/aromatic N) is 3. The van der Waals surface area contributed by atoms with Crippen LogP contribution in [0.4, 0.5) is 0 Å². The lowest BCUT2D eigenvalue weighted by atomic mass is 10.1. The highest BCUT2D eigenvalue weighted by molar-refractivity contribution is 8.26. The first kappa shape index (κ1) is 25.3. The predicted molar refractivity (Wildman–Crippen MR) is 154 cm³/mol. The molecule has 0 radical (unpaired) electrons. The predicted octanol–water partition coefficient (Wildman–Crippen LogP) is 7.47. The third-order valence-electron chi connectivity index (χ3n) is 6.37. The summed E-state index contributed by atoms with van der Waals surface area (Å²) in [6.45, 7) is 2.86. The minimum atomic E-state index is -0.0461. The molecule has 0 unspecified atom stereocenters. The minimum Gasteiger partial charge on any atom is -0.493 e. The maximum atomic E-state index is 13.3. The van der Waals surface area contributed by atoms with Gasteiger partial charge in [0.1, 0.15) is 10.0 Å². The van der Waals surface area contributed by atoms with E-state index in [-0.39, 0.29) is 5.91 Å². The quantitative estimate of drug-likeness (QED) is 0.120. The number of amides is 1. The fraction of sp³-hybridized carbons (Fsp3) is 0.276. The Morgan fingerprint density at radius 1 is 1.08 bits per heavy atom. The van der Waals surface area contributed by atoms with E-state index in [0.29, 0.717) is 38.6 Å². The number of methoxy groups -OCH3 is 1. The molecule has 2 aromatic carbocycles. The molecule has 4 aromatic rings. The van der Waals surface area contributed by atoms with E-state index < -0.39 is 0 Å². The van der Waals surface area contributed by atoms with Gasteiger partial charge in [-0.1, -0.05) is 86.9 Å². The molecule has 0 N–H and O–H groups in total. The highest BCUT2D eigenvalue weighted by Gasteiger charge is 2.32. The van der Waals surface area contributed by atoms with Crippen LogP contribution in [0.1, 0.15) is 44.6 Å². The Hall–Kier alpha value is -3.36. The summed E-state index contributed by atoms with van der Waals surface area (Å²) in [7, 11) is 1.62. The Morgan fingerprint density at radius 3 is 2.68 bits per heavy atom. The van der Waals surface area contributed by atoms with Crippen molar-refractivity contribution in [2.45, 2.75) is 39.0 Å². The van der Waals surface area contributed by atoms with Crippen LogP contribution in [0.25, 0.3) is 34.2 Å². The van der Waals surface area contributed by atoms with Crippen molar-refractivity contribution in [2.24, 2.45) is 0 Å². The fourth-order valence-corrected chi connectivity index (χ4v) is 5.72. The second-order valence-electron chi connectivity index (χ2n) is 8.95. The van der Waals surface area contributed by atoms with Crippen LogP contribution in [0.5, 0.6) is 5.75 Å². The average Bonchev–Trinajstić information content (AvgIpc) is 3.61. The van der Waals surface area contributed by atoms with Gasteiger partial charge in [-0.15, -0.1) is 0 Å². The van der Waals surface area contributed by atoms with Crippen LogP contribution in [0.15, 0.2) is 70.1 Å². The third-order valence-corrected chi connectivity index (χ3v) is 7.75. The lowest BCUT2D eigenvalue weighted by Crippen LogP contribution is -2.29. The number of benzene rings is 2. The number of carbonyl (C=O) groups excluding carboxylic acids is 1. The number of ether oxygens (including phenoxy) is 1. The second kappa shape index (κ2) is 11.4. The van der Waals surface area contributed by atoms with Crippen LogP contribution in [0, 0.1) is 0 Å². The maximum Gasteiger partial charge on any atom is 0.266 e. The van der Waals surface area contributed by atoms with Gasteiger partial charge in [0.2, 0.25) is 0 Å². The van der Waals surface area contributed by atoms with Gasteiger partial charge in [-0.3, -0.25) is 9.69 Å². The summed E-state index contributed by atoms with van der Waals surface area (Å²) in [5.74, 6) is 1.22. The van der Waals surface area contributed by atoms with Crippen molar-refractivity contribution in [3.05, 3.63) is 71.3 Å². The molecule has 2 aromatic heterocycles. The van der Waals surface area contributed by atoms with Crippen molar-refractivity contribution in [3.63, 3.8) is 0 Å². The first-order valence-electron chi connectivity index (χ1n) is 12.6. The minimum absolute atomic E-state index is 0.0461. The average molecular weight is 532 g/mol. The normalized spacial score (nSPS) is 14.9. The number of rotatable bonds is 10. The number of aromatic nitrogens is 2. The monoisotopic (exact) mass is 531 g/mol. The van der Waals surface area contributed by atoms with Crippen LogP contribution in [-0.4, -0.2) is 38.6 Å². The number of furan rings is 1. The lowest BCUT2D eigenvalue weighted by Gasteiger charge is -2.13. The number of fused-ring (bicyclic) bond motifs is 1. The zero-order valence-electron chi connectivity index (χ0n) is 21.0. The molecule has 1 saturated heterocycles. The van der Waals surface area contributed by atoms with E-state index in [1.807, 2.05) is 66.9 Å². The van der Waals surface area contributed by atoms with Crippen LogP contribution in [0.2, 0.25) is 0 Å². The zero-order valence-corrected chi connectivity index (χ0v) is 22.6. The number of thiocarbonyl (C=S) groups is 1. The molecule has 0 spiro atoms. The summed E-state index contributed by atoms with van der Waals surface area (Å²) in [6, 6.07) is 17.6. The molecule has 8 heteroatoms. The molecule has 37 heavy (non-hydrogen) atoms. The van der Waals surface area contributed by atoms with Crippen molar-refractivity contribution in [1.29, 1.82) is 0 Å². The number of hydrogen-bond donors (Lipinski definition) is 0. The number of thioether (sulfide) groups is 1. The van der Waals surface area contributed by atoms with E-state index in [2.05, 4.69) is 6.92 Å². The van der Waals surface area contributed by atoms with Gasteiger partial charge in [-0.05, 0) is 36.8 Å². The summed E-state index contributed by atoms with van der Waals surface area (Å²) in [6.07, 6.45) is 9.46. The Kier molecular flexibility index (Phi) is 7.76. The van der Waals surface area contributed by atoms with Crippen LogP contribution < -0.4 is 4.74 Å². The van der Waals surface area contributed by atoms with E-state index in [1.54, 1.807) is 16.7 Å². The Bertz CT molecular complexity index is 1460. The van der Waals surface area contributed by atoms with Crippen molar-refractivity contribution >= 4 is 51.3 Å². The van der Waals surface area contributed by atoms with E-state index >= 15 is 0 Å². The van der Waals surface area contributed by atoms with Crippen LogP contribution in [-0.2, 0) is 4.79 Å². The number of para-hydroxylation sites is 2. The van der Waals surface area contributed by atoms with E-state index in [1.165, 1.54) is 31.0 Å². The van der Waals surface area contributed by atoms with E-state index in [9.17, 15) is 4.79 Å². The third kappa shape index (κ3) is 5.36. The SMILES string of the molecule is CCCCCCCN1C(=O)/C(=C\c2cn(-c3ccccc3)nc2-c2cc3cccc(OC)c3o2)SC1=S. The standard InChI is InChI=1S/C29H29N3O3S2/c1-3-4-5-6-10-16-31-28(33)25(37-29(31)36)18-21-19-32(22-13-8-7-9-14-22)30-26(21)24-17-20-12-11-15-23(34-2)27(20)35-24/h7-9,11-15,17-19H,3-6,10,16H2,1-2H3/b25-18+. The molecule has 3 heterocycles. The fourth-order valence-electron chi connectivity index (χ4n) is 4.42. The summed E-state index contributed by atoms with van der Waals surface area (Å²) >= 11 is 6.91. The van der Waals surface area contributed by atoms with Crippen molar-refractivity contribution < 1.29 is 13.9 Å². The molecule has 0 atom stereocenters. The van der Waals surface area contributed by atoms with E-state index in [4.69, 9.17) is 26.5 Å². The number of hydrogen-bond acceptors (Lipinski definition) is 6. The van der Waals surface area contributed by atoms with Gasteiger partial charge >= 0.3 is 0 Å². The van der Waals surface area contributed by atoms with Crippen LogP contribution >= 0.6 is 24.0 Å². The smallest absolute Gasteiger partial charge is 0.266 e. The van der Waals surface area contributed by atoms with Gasteiger partial charge in [0.25, 0.3) is 5.91 Å². The topological polar surface area (TPSA) is 60.5 Å². The summed E-state index contributed by atoms with van der Waals surface area (Å²) < 4.78 is 14.1. The zero-order chi connectivity index (χ0) is 25.8. The second-order valence-corrected chi connectivity index (χ2v) is 10.6. The van der Waals surface area contributed by atoms with Gasteiger partial charge in [-0.2, -0.15) is 5.10 Å². The van der Waals surface area contributed by atoms with Gasteiger partial charge in [0, 0.05) is 23.7 Å². The summed E-state index contributed by atoms with van der Waals surface area (Å²) in [5, 5.41) is 5.78. The molecule has 1 fully saturated rings. The molecule has 1 aliphatic heterocycles. The Balaban J connectivity index is 1.50. The van der Waals surface area contributed by atoms with Gasteiger partial charge in [0.05, 0.1) is 17.7 Å². The summed E-state index contributed by atoms with van der Waals surface area (Å²) in [4.78, 5) is 15.6. The molecule has 5 rings (SSSR count).